The van der Waals surface area contributed by atoms with Crippen LogP contribution in [0, 0.1) is 0 Å². The van der Waals surface area contributed by atoms with E-state index in [1.54, 1.807) is 22.8 Å². The first-order valence-corrected chi connectivity index (χ1v) is 12.7. The zero-order chi connectivity index (χ0) is 26.7. The number of hydrogen-bond donors (Lipinski definition) is 3. The van der Waals surface area contributed by atoms with Crippen molar-refractivity contribution >= 4 is 56.1 Å². The number of furan rings is 1. The minimum atomic E-state index is -1.17. The summed E-state index contributed by atoms with van der Waals surface area (Å²) in [5.74, 6) is -1.81. The van der Waals surface area contributed by atoms with Crippen LogP contribution in [0.15, 0.2) is 51.6 Å². The van der Waals surface area contributed by atoms with E-state index >= 15 is 0 Å². The van der Waals surface area contributed by atoms with Crippen molar-refractivity contribution in [2.45, 2.75) is 32.7 Å². The summed E-state index contributed by atoms with van der Waals surface area (Å²) in [5, 5.41) is 22.4. The number of carboxylic acids is 2. The van der Waals surface area contributed by atoms with Gasteiger partial charge in [0, 0.05) is 29.3 Å². The SMILES string of the molecule is CCCCc1nc(Cl)c(C(=O)NCC(=O)O)n1Cc1ccc2c(-c3ccccc3C(=O)O)oc(Br)c2c1. The summed E-state index contributed by atoms with van der Waals surface area (Å²) in [6, 6.07) is 12.2. The van der Waals surface area contributed by atoms with E-state index in [1.165, 1.54) is 6.07 Å². The van der Waals surface area contributed by atoms with Gasteiger partial charge in [-0.15, -0.1) is 0 Å². The van der Waals surface area contributed by atoms with Gasteiger partial charge in [-0.2, -0.15) is 0 Å². The molecule has 2 aromatic heterocycles. The van der Waals surface area contributed by atoms with Gasteiger partial charge in [0.1, 0.15) is 23.8 Å². The van der Waals surface area contributed by atoms with Crippen LogP contribution in [-0.2, 0) is 17.8 Å². The Hall–Kier alpha value is -3.63. The van der Waals surface area contributed by atoms with E-state index in [4.69, 9.17) is 21.1 Å². The number of nitrogens with one attached hydrogen (secondary N) is 1. The molecular weight excluding hydrogens is 566 g/mol. The highest BCUT2D eigenvalue weighted by Crippen LogP contribution is 2.39. The second-order valence-corrected chi connectivity index (χ2v) is 9.45. The first-order chi connectivity index (χ1) is 17.7. The van der Waals surface area contributed by atoms with Crippen molar-refractivity contribution in [3.05, 3.63) is 74.9 Å². The summed E-state index contributed by atoms with van der Waals surface area (Å²) in [7, 11) is 0. The van der Waals surface area contributed by atoms with Crippen LogP contribution in [0.4, 0.5) is 0 Å². The smallest absolute Gasteiger partial charge is 0.336 e. The molecule has 9 nitrogen and oxygen atoms in total. The van der Waals surface area contributed by atoms with Crippen molar-refractivity contribution in [2.24, 2.45) is 0 Å². The van der Waals surface area contributed by atoms with Gasteiger partial charge in [-0.05, 0) is 40.0 Å². The Morgan fingerprint density at radius 2 is 1.89 bits per heavy atom. The molecule has 2 aromatic carbocycles. The summed E-state index contributed by atoms with van der Waals surface area (Å²) >= 11 is 9.77. The molecule has 0 unspecified atom stereocenters. The molecule has 0 saturated heterocycles. The third-order valence-corrected chi connectivity index (χ3v) is 6.70. The third kappa shape index (κ3) is 5.55. The number of nitrogens with zero attached hydrogens (tertiary/aromatic N) is 2. The van der Waals surface area contributed by atoms with Gasteiger partial charge in [-0.1, -0.05) is 55.3 Å². The average Bonchev–Trinajstić information content (AvgIpc) is 3.36. The molecule has 1 amide bonds. The summed E-state index contributed by atoms with van der Waals surface area (Å²) in [6.07, 6.45) is 2.35. The Bertz CT molecular complexity index is 1510. The lowest BCUT2D eigenvalue weighted by Crippen LogP contribution is -2.31. The number of fused-ring (bicyclic) bond motifs is 1. The molecule has 4 rings (SSSR count). The Kier molecular flexibility index (Phi) is 7.99. The van der Waals surface area contributed by atoms with Gasteiger partial charge in [0.25, 0.3) is 5.91 Å². The Morgan fingerprint density at radius 3 is 2.59 bits per heavy atom. The summed E-state index contributed by atoms with van der Waals surface area (Å²) < 4.78 is 8.08. The van der Waals surface area contributed by atoms with Gasteiger partial charge < -0.3 is 24.5 Å². The molecule has 0 fully saturated rings. The van der Waals surface area contributed by atoms with Crippen LogP contribution in [0.25, 0.3) is 22.1 Å². The lowest BCUT2D eigenvalue weighted by molar-refractivity contribution is -0.135. The number of halogens is 2. The van der Waals surface area contributed by atoms with Crippen molar-refractivity contribution in [3.8, 4) is 11.3 Å². The minimum absolute atomic E-state index is 0.00660. The molecule has 0 aliphatic rings. The number of unbranched alkanes of at least 4 members (excludes halogenated alkanes) is 1. The number of carbonyl (C=O) groups excluding carboxylic acids is 1. The average molecular weight is 589 g/mol. The highest BCUT2D eigenvalue weighted by atomic mass is 79.9. The molecule has 0 saturated carbocycles. The fraction of sp³-hybridized carbons (Fsp3) is 0.231. The number of aromatic nitrogens is 2. The highest BCUT2D eigenvalue weighted by molar-refractivity contribution is 9.10. The monoisotopic (exact) mass is 587 g/mol. The maximum absolute atomic E-state index is 12.8. The second-order valence-electron chi connectivity index (χ2n) is 8.37. The lowest BCUT2D eigenvalue weighted by Gasteiger charge is -2.12. The number of rotatable bonds is 10. The zero-order valence-corrected chi connectivity index (χ0v) is 22.1. The van der Waals surface area contributed by atoms with E-state index in [-0.39, 0.29) is 23.0 Å². The van der Waals surface area contributed by atoms with Crippen molar-refractivity contribution in [3.63, 3.8) is 0 Å². The maximum atomic E-state index is 12.8. The Balaban J connectivity index is 1.75. The van der Waals surface area contributed by atoms with Crippen LogP contribution in [0.3, 0.4) is 0 Å². The highest BCUT2D eigenvalue weighted by Gasteiger charge is 2.24. The van der Waals surface area contributed by atoms with Gasteiger partial charge in [0.2, 0.25) is 0 Å². The van der Waals surface area contributed by atoms with Crippen LogP contribution in [0.2, 0.25) is 5.15 Å². The molecular formula is C26H23BrClN3O6. The van der Waals surface area contributed by atoms with Crippen LogP contribution < -0.4 is 5.32 Å². The number of hydrogen-bond acceptors (Lipinski definition) is 5. The molecule has 0 radical (unpaired) electrons. The lowest BCUT2D eigenvalue weighted by atomic mass is 10.0. The number of imidazole rings is 1. The van der Waals surface area contributed by atoms with Crippen molar-refractivity contribution < 1.29 is 29.0 Å². The number of carbonyl (C=O) groups is 3. The molecule has 4 aromatic rings. The molecule has 3 N–H and O–H groups in total. The van der Waals surface area contributed by atoms with Crippen molar-refractivity contribution in [1.29, 1.82) is 0 Å². The molecule has 0 aliphatic carbocycles. The van der Waals surface area contributed by atoms with E-state index in [0.717, 1.165) is 29.2 Å². The summed E-state index contributed by atoms with van der Waals surface area (Å²) in [5.41, 5.74) is 1.49. The number of aromatic carboxylic acids is 1. The van der Waals surface area contributed by atoms with E-state index in [2.05, 4.69) is 26.2 Å². The van der Waals surface area contributed by atoms with Gasteiger partial charge in [-0.3, -0.25) is 9.59 Å². The van der Waals surface area contributed by atoms with Gasteiger partial charge >= 0.3 is 11.9 Å². The predicted molar refractivity (Wildman–Crippen MR) is 141 cm³/mol. The maximum Gasteiger partial charge on any atom is 0.336 e. The van der Waals surface area contributed by atoms with Gasteiger partial charge in [0.15, 0.2) is 9.82 Å². The third-order valence-electron chi connectivity index (χ3n) is 5.85. The molecule has 0 atom stereocenters. The minimum Gasteiger partial charge on any atom is -0.480 e. The molecule has 2 heterocycles. The Labute approximate surface area is 225 Å². The predicted octanol–water partition coefficient (Wildman–Crippen LogP) is 5.62. The van der Waals surface area contributed by atoms with E-state index in [0.29, 0.717) is 28.2 Å². The molecule has 37 heavy (non-hydrogen) atoms. The standard InChI is InChI=1S/C26H23BrClN3O6/c1-2-3-8-19-30-24(28)21(25(34)29-12-20(32)33)31(19)13-14-9-10-16-18(11-14)23(27)37-22(16)15-6-4-5-7-17(15)26(35)36/h4-7,9-11H,2-3,8,12-13H2,1H3,(H,29,34)(H,32,33)(H,35,36). The van der Waals surface area contributed by atoms with Crippen LogP contribution in [-0.4, -0.2) is 44.2 Å². The number of benzene rings is 2. The van der Waals surface area contributed by atoms with E-state index in [1.807, 2.05) is 25.1 Å². The van der Waals surface area contributed by atoms with Gasteiger partial charge in [0.05, 0.1) is 5.56 Å². The molecule has 192 valence electrons. The fourth-order valence-electron chi connectivity index (χ4n) is 4.12. The second kappa shape index (κ2) is 11.2. The topological polar surface area (TPSA) is 135 Å². The summed E-state index contributed by atoms with van der Waals surface area (Å²) in [6.45, 7) is 1.75. The molecule has 0 spiro atoms. The molecule has 0 bridgehead atoms. The van der Waals surface area contributed by atoms with E-state index in [9.17, 15) is 19.5 Å². The largest absolute Gasteiger partial charge is 0.480 e. The number of aliphatic carboxylic acids is 1. The Morgan fingerprint density at radius 1 is 1.14 bits per heavy atom. The zero-order valence-electron chi connectivity index (χ0n) is 19.8. The number of carboxylic acid groups (broad SMARTS) is 2. The molecule has 11 heteroatoms. The quantitative estimate of drug-likeness (QED) is 0.219. The number of aryl methyl sites for hydroxylation is 1. The first kappa shape index (κ1) is 26.4. The normalized spacial score (nSPS) is 11.1. The van der Waals surface area contributed by atoms with Crippen molar-refractivity contribution in [1.82, 2.24) is 14.9 Å². The first-order valence-electron chi connectivity index (χ1n) is 11.5. The van der Waals surface area contributed by atoms with Crippen LogP contribution in [0.5, 0.6) is 0 Å². The van der Waals surface area contributed by atoms with Crippen molar-refractivity contribution in [2.75, 3.05) is 6.54 Å². The fourth-order valence-corrected chi connectivity index (χ4v) is 4.89. The van der Waals surface area contributed by atoms with E-state index < -0.39 is 24.4 Å². The molecule has 0 aliphatic heterocycles. The van der Waals surface area contributed by atoms with Gasteiger partial charge in [-0.25, -0.2) is 9.78 Å². The summed E-state index contributed by atoms with van der Waals surface area (Å²) in [4.78, 5) is 39.9. The number of amides is 1. The van der Waals surface area contributed by atoms with Crippen LogP contribution in [0.1, 0.15) is 52.0 Å². The van der Waals surface area contributed by atoms with Crippen LogP contribution >= 0.6 is 27.5 Å².